The Kier molecular flexibility index (Phi) is 3.76. The molecule has 4 heteroatoms. The summed E-state index contributed by atoms with van der Waals surface area (Å²) in [5.41, 5.74) is 0.626. The number of carbonyl (C=O) groups is 1. The van der Waals surface area contributed by atoms with E-state index in [1.54, 1.807) is 6.07 Å². The molecule has 100 valence electrons. The molecule has 0 radical (unpaired) electrons. The molecule has 1 aliphatic rings. The predicted molar refractivity (Wildman–Crippen MR) is 68.5 cm³/mol. The third-order valence-electron chi connectivity index (χ3n) is 3.67. The van der Waals surface area contributed by atoms with E-state index in [-0.39, 0.29) is 5.56 Å². The molecular weight excluding hydrogens is 230 g/mol. The van der Waals surface area contributed by atoms with Crippen molar-refractivity contribution in [2.24, 2.45) is 5.41 Å². The molecule has 1 fully saturated rings. The van der Waals surface area contributed by atoms with E-state index < -0.39 is 5.97 Å². The summed E-state index contributed by atoms with van der Waals surface area (Å²) >= 11 is 0. The molecule has 18 heavy (non-hydrogen) atoms. The van der Waals surface area contributed by atoms with Crippen LogP contribution in [0.15, 0.2) is 16.7 Å². The average molecular weight is 251 g/mol. The lowest BCUT2D eigenvalue weighted by atomic mass is 9.75. The predicted octanol–water partition coefficient (Wildman–Crippen LogP) is 3.04. The molecule has 1 saturated carbocycles. The second-order valence-electron chi connectivity index (χ2n) is 5.95. The van der Waals surface area contributed by atoms with E-state index >= 15 is 0 Å². The monoisotopic (exact) mass is 251 g/mol. The van der Waals surface area contributed by atoms with Gasteiger partial charge in [-0.25, -0.2) is 4.79 Å². The van der Waals surface area contributed by atoms with Crippen molar-refractivity contribution in [2.75, 3.05) is 0 Å². The standard InChI is InChI=1S/C14H21NO3/c1-14(2)5-3-4-11(7-14)15-8-12-6-10(9-18-12)13(16)17/h6,9,11,15H,3-5,7-8H2,1-2H3,(H,16,17). The molecule has 1 heterocycles. The maximum atomic E-state index is 10.7. The molecule has 1 aliphatic carbocycles. The van der Waals surface area contributed by atoms with E-state index in [9.17, 15) is 4.79 Å². The molecule has 1 unspecified atom stereocenters. The summed E-state index contributed by atoms with van der Waals surface area (Å²) in [5.74, 6) is -0.250. The zero-order valence-corrected chi connectivity index (χ0v) is 11.0. The van der Waals surface area contributed by atoms with Gasteiger partial charge in [0.1, 0.15) is 12.0 Å². The summed E-state index contributed by atoms with van der Waals surface area (Å²) in [6.45, 7) is 5.21. The molecule has 2 N–H and O–H groups in total. The van der Waals surface area contributed by atoms with Gasteiger partial charge in [-0.3, -0.25) is 0 Å². The Bertz CT molecular complexity index is 422. The highest BCUT2D eigenvalue weighted by molar-refractivity contribution is 5.87. The van der Waals surface area contributed by atoms with Crippen molar-refractivity contribution in [3.05, 3.63) is 23.7 Å². The van der Waals surface area contributed by atoms with Crippen LogP contribution < -0.4 is 5.32 Å². The number of aromatic carboxylic acids is 1. The third kappa shape index (κ3) is 3.35. The summed E-state index contributed by atoms with van der Waals surface area (Å²) in [7, 11) is 0. The quantitative estimate of drug-likeness (QED) is 0.863. The van der Waals surface area contributed by atoms with Crippen LogP contribution in [0.1, 0.15) is 55.6 Å². The lowest BCUT2D eigenvalue weighted by Gasteiger charge is -2.35. The summed E-state index contributed by atoms with van der Waals surface area (Å²) in [4.78, 5) is 10.7. The fraction of sp³-hybridized carbons (Fsp3) is 0.643. The van der Waals surface area contributed by atoms with Crippen LogP contribution in [-0.4, -0.2) is 17.1 Å². The lowest BCUT2D eigenvalue weighted by Crippen LogP contribution is -2.36. The van der Waals surface area contributed by atoms with Crippen LogP contribution in [0.3, 0.4) is 0 Å². The normalized spacial score (nSPS) is 22.9. The lowest BCUT2D eigenvalue weighted by molar-refractivity contribution is 0.0696. The first kappa shape index (κ1) is 13.1. The van der Waals surface area contributed by atoms with Gasteiger partial charge in [0.25, 0.3) is 0 Å². The molecule has 1 aromatic rings. The molecule has 4 nitrogen and oxygen atoms in total. The highest BCUT2D eigenvalue weighted by Crippen LogP contribution is 2.35. The van der Waals surface area contributed by atoms with Crippen molar-refractivity contribution in [3.63, 3.8) is 0 Å². The van der Waals surface area contributed by atoms with Crippen molar-refractivity contribution in [3.8, 4) is 0 Å². The van der Waals surface area contributed by atoms with Crippen LogP contribution in [0, 0.1) is 5.41 Å². The number of carboxylic acid groups (broad SMARTS) is 1. The molecule has 1 aromatic heterocycles. The van der Waals surface area contributed by atoms with E-state index in [0.717, 1.165) is 0 Å². The van der Waals surface area contributed by atoms with Gasteiger partial charge in [-0.05, 0) is 30.7 Å². The summed E-state index contributed by atoms with van der Waals surface area (Å²) in [6, 6.07) is 2.09. The van der Waals surface area contributed by atoms with Crippen LogP contribution >= 0.6 is 0 Å². The number of carboxylic acids is 1. The van der Waals surface area contributed by atoms with Gasteiger partial charge in [0, 0.05) is 6.04 Å². The Labute approximate surface area is 107 Å². The van der Waals surface area contributed by atoms with Crippen molar-refractivity contribution in [1.82, 2.24) is 5.32 Å². The van der Waals surface area contributed by atoms with Gasteiger partial charge in [-0.15, -0.1) is 0 Å². The first-order chi connectivity index (χ1) is 8.46. The average Bonchev–Trinajstić information content (AvgIpc) is 2.74. The minimum atomic E-state index is -0.941. The second kappa shape index (κ2) is 5.14. The number of hydrogen-bond donors (Lipinski definition) is 2. The van der Waals surface area contributed by atoms with E-state index in [4.69, 9.17) is 9.52 Å². The third-order valence-corrected chi connectivity index (χ3v) is 3.67. The van der Waals surface area contributed by atoms with Crippen molar-refractivity contribution in [2.45, 2.75) is 52.1 Å². The van der Waals surface area contributed by atoms with E-state index in [0.29, 0.717) is 23.8 Å². The Morgan fingerprint density at radius 1 is 1.61 bits per heavy atom. The topological polar surface area (TPSA) is 62.5 Å². The maximum absolute atomic E-state index is 10.7. The zero-order valence-electron chi connectivity index (χ0n) is 11.0. The van der Waals surface area contributed by atoms with Crippen molar-refractivity contribution < 1.29 is 14.3 Å². The van der Waals surface area contributed by atoms with Crippen LogP contribution in [-0.2, 0) is 6.54 Å². The summed E-state index contributed by atoms with van der Waals surface area (Å²) in [5, 5.41) is 12.3. The number of hydrogen-bond acceptors (Lipinski definition) is 3. The van der Waals surface area contributed by atoms with E-state index in [1.807, 2.05) is 0 Å². The molecule has 0 spiro atoms. The summed E-state index contributed by atoms with van der Waals surface area (Å²) in [6.07, 6.45) is 6.19. The first-order valence-electron chi connectivity index (χ1n) is 6.50. The Morgan fingerprint density at radius 3 is 3.00 bits per heavy atom. The molecule has 0 aromatic carbocycles. The number of nitrogens with one attached hydrogen (secondary N) is 1. The van der Waals surface area contributed by atoms with Gasteiger partial charge in [0.15, 0.2) is 0 Å². The molecule has 0 aliphatic heterocycles. The second-order valence-corrected chi connectivity index (χ2v) is 5.95. The Morgan fingerprint density at radius 2 is 2.39 bits per heavy atom. The van der Waals surface area contributed by atoms with E-state index in [2.05, 4.69) is 19.2 Å². The van der Waals surface area contributed by atoms with Crippen LogP contribution in [0.4, 0.5) is 0 Å². The van der Waals surface area contributed by atoms with Gasteiger partial charge < -0.3 is 14.8 Å². The van der Waals surface area contributed by atoms with Gasteiger partial charge in [-0.2, -0.15) is 0 Å². The Hall–Kier alpha value is -1.29. The highest BCUT2D eigenvalue weighted by atomic mass is 16.4. The fourth-order valence-electron chi connectivity index (χ4n) is 2.70. The molecular formula is C14H21NO3. The SMILES string of the molecule is CC1(C)CCCC(NCc2cc(C(=O)O)co2)C1. The number of furan rings is 1. The molecule has 1 atom stereocenters. The molecule has 0 bridgehead atoms. The van der Waals surface area contributed by atoms with Gasteiger partial charge in [-0.1, -0.05) is 20.3 Å². The minimum absolute atomic E-state index is 0.218. The highest BCUT2D eigenvalue weighted by Gasteiger charge is 2.27. The Balaban J connectivity index is 1.85. The maximum Gasteiger partial charge on any atom is 0.338 e. The van der Waals surface area contributed by atoms with Gasteiger partial charge in [0.2, 0.25) is 0 Å². The van der Waals surface area contributed by atoms with Crippen LogP contribution in [0.5, 0.6) is 0 Å². The van der Waals surface area contributed by atoms with Gasteiger partial charge >= 0.3 is 5.97 Å². The molecule has 0 saturated heterocycles. The van der Waals surface area contributed by atoms with Crippen LogP contribution in [0.2, 0.25) is 0 Å². The zero-order chi connectivity index (χ0) is 13.2. The fourth-order valence-corrected chi connectivity index (χ4v) is 2.70. The van der Waals surface area contributed by atoms with E-state index in [1.165, 1.54) is 31.9 Å². The first-order valence-corrected chi connectivity index (χ1v) is 6.50. The largest absolute Gasteiger partial charge is 0.478 e. The van der Waals surface area contributed by atoms with Crippen molar-refractivity contribution >= 4 is 5.97 Å². The molecule has 0 amide bonds. The summed E-state index contributed by atoms with van der Waals surface area (Å²) < 4.78 is 5.23. The molecule has 2 rings (SSSR count). The minimum Gasteiger partial charge on any atom is -0.478 e. The smallest absolute Gasteiger partial charge is 0.338 e. The van der Waals surface area contributed by atoms with Gasteiger partial charge in [0.05, 0.1) is 12.1 Å². The van der Waals surface area contributed by atoms with Crippen molar-refractivity contribution in [1.29, 1.82) is 0 Å². The number of rotatable bonds is 4. The van der Waals surface area contributed by atoms with Crippen LogP contribution in [0.25, 0.3) is 0 Å².